The summed E-state index contributed by atoms with van der Waals surface area (Å²) in [6, 6.07) is 0. The monoisotopic (exact) mass is 223 g/mol. The molecule has 2 fully saturated rings. The summed E-state index contributed by atoms with van der Waals surface area (Å²) in [4.78, 5) is 13.9. The molecule has 2 nitrogen and oxygen atoms in total. The van der Waals surface area contributed by atoms with Gasteiger partial charge in [0.15, 0.2) is 0 Å². The van der Waals surface area contributed by atoms with Crippen LogP contribution in [0.4, 0.5) is 0 Å². The Hall–Kier alpha value is -0.370. The standard InChI is InChI=1S/C14H25NO/c1-12-5-8-15(9-13(12)2)10-14(11-16)6-3-4-7-14/h11-13H,3-10H2,1-2H3. The lowest BCUT2D eigenvalue weighted by Gasteiger charge is -2.39. The van der Waals surface area contributed by atoms with Gasteiger partial charge in [0.25, 0.3) is 0 Å². The normalized spacial score (nSPS) is 35.1. The molecule has 16 heavy (non-hydrogen) atoms. The fourth-order valence-corrected chi connectivity index (χ4v) is 3.33. The second-order valence-corrected chi connectivity index (χ2v) is 6.17. The topological polar surface area (TPSA) is 20.3 Å². The van der Waals surface area contributed by atoms with E-state index in [0.29, 0.717) is 0 Å². The van der Waals surface area contributed by atoms with Gasteiger partial charge < -0.3 is 9.69 Å². The second-order valence-electron chi connectivity index (χ2n) is 6.17. The minimum absolute atomic E-state index is 0.0142. The molecule has 0 N–H and O–H groups in total. The number of rotatable bonds is 3. The molecule has 2 atom stereocenters. The SMILES string of the molecule is CC1CCN(CC2(C=O)CCCC2)CC1C. The number of hydrogen-bond acceptors (Lipinski definition) is 2. The van der Waals surface area contributed by atoms with E-state index in [4.69, 9.17) is 0 Å². The molecule has 0 radical (unpaired) electrons. The highest BCUT2D eigenvalue weighted by Gasteiger charge is 2.36. The van der Waals surface area contributed by atoms with Gasteiger partial charge in [-0.3, -0.25) is 0 Å². The molecule has 0 bridgehead atoms. The molecule has 1 heterocycles. The average molecular weight is 223 g/mol. The van der Waals surface area contributed by atoms with Crippen molar-refractivity contribution in [1.29, 1.82) is 0 Å². The Balaban J connectivity index is 1.91. The van der Waals surface area contributed by atoms with Crippen molar-refractivity contribution in [3.05, 3.63) is 0 Å². The Morgan fingerprint density at radius 2 is 1.94 bits per heavy atom. The first-order chi connectivity index (χ1) is 7.65. The van der Waals surface area contributed by atoms with Gasteiger partial charge in [0.2, 0.25) is 0 Å². The molecule has 0 aromatic carbocycles. The third-order valence-corrected chi connectivity index (χ3v) is 4.81. The van der Waals surface area contributed by atoms with Crippen LogP contribution >= 0.6 is 0 Å². The van der Waals surface area contributed by atoms with Gasteiger partial charge in [-0.1, -0.05) is 26.7 Å². The first-order valence-electron chi connectivity index (χ1n) is 6.84. The van der Waals surface area contributed by atoms with Gasteiger partial charge in [0, 0.05) is 18.5 Å². The molecule has 1 aliphatic heterocycles. The van der Waals surface area contributed by atoms with Crippen LogP contribution in [0.5, 0.6) is 0 Å². The van der Waals surface area contributed by atoms with Crippen molar-refractivity contribution in [2.24, 2.45) is 17.3 Å². The van der Waals surface area contributed by atoms with Gasteiger partial charge in [0.05, 0.1) is 0 Å². The van der Waals surface area contributed by atoms with Crippen molar-refractivity contribution < 1.29 is 4.79 Å². The number of carbonyl (C=O) groups is 1. The zero-order valence-electron chi connectivity index (χ0n) is 10.7. The quantitative estimate of drug-likeness (QED) is 0.686. The van der Waals surface area contributed by atoms with Crippen LogP contribution in [0, 0.1) is 17.3 Å². The molecule has 0 spiro atoms. The minimum atomic E-state index is 0.0142. The van der Waals surface area contributed by atoms with Gasteiger partial charge in [0.1, 0.15) is 6.29 Å². The van der Waals surface area contributed by atoms with Crippen molar-refractivity contribution in [2.45, 2.75) is 46.0 Å². The number of aldehydes is 1. The van der Waals surface area contributed by atoms with E-state index in [2.05, 4.69) is 18.7 Å². The summed E-state index contributed by atoms with van der Waals surface area (Å²) in [5, 5.41) is 0. The van der Waals surface area contributed by atoms with Gasteiger partial charge in [-0.25, -0.2) is 0 Å². The highest BCUT2D eigenvalue weighted by molar-refractivity contribution is 5.60. The fraction of sp³-hybridized carbons (Fsp3) is 0.929. The largest absolute Gasteiger partial charge is 0.303 e. The molecular formula is C14H25NO. The minimum Gasteiger partial charge on any atom is -0.303 e. The molecule has 0 aromatic rings. The Bertz CT molecular complexity index is 245. The van der Waals surface area contributed by atoms with Crippen LogP contribution in [0.3, 0.4) is 0 Å². The average Bonchev–Trinajstić information content (AvgIpc) is 2.73. The predicted molar refractivity (Wildman–Crippen MR) is 66.4 cm³/mol. The molecule has 2 aliphatic rings. The zero-order chi connectivity index (χ0) is 11.6. The molecule has 92 valence electrons. The Labute approximate surface area is 99.4 Å². The highest BCUT2D eigenvalue weighted by atomic mass is 16.1. The Kier molecular flexibility index (Phi) is 3.68. The molecule has 1 saturated carbocycles. The lowest BCUT2D eigenvalue weighted by molar-refractivity contribution is -0.117. The third kappa shape index (κ3) is 2.48. The van der Waals surface area contributed by atoms with Gasteiger partial charge in [-0.15, -0.1) is 0 Å². The number of nitrogens with zero attached hydrogens (tertiary/aromatic N) is 1. The zero-order valence-corrected chi connectivity index (χ0v) is 10.7. The van der Waals surface area contributed by atoms with E-state index in [9.17, 15) is 4.79 Å². The maximum absolute atomic E-state index is 11.3. The van der Waals surface area contributed by atoms with Crippen molar-refractivity contribution in [3.63, 3.8) is 0 Å². The molecular weight excluding hydrogens is 198 g/mol. The number of hydrogen-bond donors (Lipinski definition) is 0. The number of likely N-dealkylation sites (tertiary alicyclic amines) is 1. The summed E-state index contributed by atoms with van der Waals surface area (Å²) >= 11 is 0. The van der Waals surface area contributed by atoms with Gasteiger partial charge in [-0.2, -0.15) is 0 Å². The van der Waals surface area contributed by atoms with Crippen LogP contribution in [-0.4, -0.2) is 30.8 Å². The van der Waals surface area contributed by atoms with Crippen LogP contribution in [0.1, 0.15) is 46.0 Å². The van der Waals surface area contributed by atoms with Crippen LogP contribution in [0.25, 0.3) is 0 Å². The molecule has 2 rings (SSSR count). The molecule has 2 unspecified atom stereocenters. The van der Waals surface area contributed by atoms with Crippen molar-refractivity contribution in [1.82, 2.24) is 4.90 Å². The van der Waals surface area contributed by atoms with E-state index in [1.54, 1.807) is 0 Å². The van der Waals surface area contributed by atoms with E-state index >= 15 is 0 Å². The molecule has 1 aliphatic carbocycles. The van der Waals surface area contributed by atoms with E-state index in [1.807, 2.05) is 0 Å². The van der Waals surface area contributed by atoms with Crippen LogP contribution in [0.2, 0.25) is 0 Å². The smallest absolute Gasteiger partial charge is 0.127 e. The van der Waals surface area contributed by atoms with E-state index in [1.165, 1.54) is 38.6 Å². The predicted octanol–water partition coefficient (Wildman–Crippen LogP) is 2.72. The summed E-state index contributed by atoms with van der Waals surface area (Å²) in [6.45, 7) is 8.11. The fourth-order valence-electron chi connectivity index (χ4n) is 3.33. The summed E-state index contributed by atoms with van der Waals surface area (Å²) in [5.74, 6) is 1.64. The second kappa shape index (κ2) is 4.87. The Morgan fingerprint density at radius 1 is 1.25 bits per heavy atom. The number of carbonyl (C=O) groups excluding carboxylic acids is 1. The van der Waals surface area contributed by atoms with E-state index in [-0.39, 0.29) is 5.41 Å². The van der Waals surface area contributed by atoms with Crippen LogP contribution < -0.4 is 0 Å². The summed E-state index contributed by atoms with van der Waals surface area (Å²) in [6.07, 6.45) is 7.30. The lowest BCUT2D eigenvalue weighted by Crippen LogP contribution is -2.44. The summed E-state index contributed by atoms with van der Waals surface area (Å²) in [5.41, 5.74) is 0.0142. The van der Waals surface area contributed by atoms with E-state index < -0.39 is 0 Å². The molecule has 2 heteroatoms. The molecule has 1 saturated heterocycles. The molecule has 0 amide bonds. The van der Waals surface area contributed by atoms with Crippen LogP contribution in [-0.2, 0) is 4.79 Å². The maximum Gasteiger partial charge on any atom is 0.127 e. The van der Waals surface area contributed by atoms with Gasteiger partial charge in [-0.05, 0) is 37.6 Å². The number of piperidine rings is 1. The summed E-state index contributed by atoms with van der Waals surface area (Å²) < 4.78 is 0. The first-order valence-corrected chi connectivity index (χ1v) is 6.84. The van der Waals surface area contributed by atoms with Crippen LogP contribution in [0.15, 0.2) is 0 Å². The first kappa shape index (κ1) is 12.1. The third-order valence-electron chi connectivity index (χ3n) is 4.81. The maximum atomic E-state index is 11.3. The Morgan fingerprint density at radius 3 is 2.50 bits per heavy atom. The highest BCUT2D eigenvalue weighted by Crippen LogP contribution is 2.38. The van der Waals surface area contributed by atoms with E-state index in [0.717, 1.165) is 31.2 Å². The summed E-state index contributed by atoms with van der Waals surface area (Å²) in [7, 11) is 0. The van der Waals surface area contributed by atoms with Crippen molar-refractivity contribution in [3.8, 4) is 0 Å². The van der Waals surface area contributed by atoms with Gasteiger partial charge >= 0.3 is 0 Å². The van der Waals surface area contributed by atoms with Crippen molar-refractivity contribution >= 4 is 6.29 Å². The van der Waals surface area contributed by atoms with Crippen molar-refractivity contribution in [2.75, 3.05) is 19.6 Å². The molecule has 0 aromatic heterocycles. The lowest BCUT2D eigenvalue weighted by atomic mass is 9.84.